The lowest BCUT2D eigenvalue weighted by Crippen LogP contribution is -2.49. The summed E-state index contributed by atoms with van der Waals surface area (Å²) in [5.41, 5.74) is 0.280. The Balaban J connectivity index is 1.76. The van der Waals surface area contributed by atoms with Crippen molar-refractivity contribution < 1.29 is 24.2 Å². The van der Waals surface area contributed by atoms with E-state index in [4.69, 9.17) is 14.6 Å². The third-order valence-electron chi connectivity index (χ3n) is 4.02. The van der Waals surface area contributed by atoms with E-state index in [0.717, 1.165) is 5.56 Å². The van der Waals surface area contributed by atoms with Crippen LogP contribution in [0, 0.1) is 0 Å². The number of aromatic nitrogens is 1. The van der Waals surface area contributed by atoms with Crippen LogP contribution in [-0.2, 0) is 15.1 Å². The zero-order chi connectivity index (χ0) is 17.7. The number of ether oxygens (including phenoxy) is 2. The van der Waals surface area contributed by atoms with Crippen LogP contribution in [-0.4, -0.2) is 48.3 Å². The van der Waals surface area contributed by atoms with Crippen molar-refractivity contribution in [3.63, 3.8) is 0 Å². The van der Waals surface area contributed by atoms with Crippen molar-refractivity contribution in [2.24, 2.45) is 0 Å². The Morgan fingerprint density at radius 1 is 1.16 bits per heavy atom. The molecule has 3 rings (SSSR count). The zero-order valence-electron chi connectivity index (χ0n) is 13.5. The van der Waals surface area contributed by atoms with E-state index in [2.05, 4.69) is 10.3 Å². The molecule has 7 nitrogen and oxygen atoms in total. The average Bonchev–Trinajstić information content (AvgIpc) is 2.67. The second-order valence-electron chi connectivity index (χ2n) is 5.71. The van der Waals surface area contributed by atoms with Crippen molar-refractivity contribution in [2.75, 3.05) is 26.4 Å². The lowest BCUT2D eigenvalue weighted by Gasteiger charge is -2.37. The molecular formula is C18H18N2O5. The van der Waals surface area contributed by atoms with E-state index in [1.807, 2.05) is 30.3 Å². The first-order chi connectivity index (χ1) is 12.1. The van der Waals surface area contributed by atoms with Crippen molar-refractivity contribution in [3.8, 4) is 0 Å². The number of nitrogens with zero attached hydrogens (tertiary/aromatic N) is 1. The van der Waals surface area contributed by atoms with Gasteiger partial charge >= 0.3 is 5.97 Å². The number of benzene rings is 1. The number of hydrogen-bond donors (Lipinski definition) is 2. The average molecular weight is 342 g/mol. The molecule has 1 aromatic carbocycles. The van der Waals surface area contributed by atoms with Gasteiger partial charge in [0, 0.05) is 12.4 Å². The maximum atomic E-state index is 12.4. The van der Waals surface area contributed by atoms with Crippen LogP contribution in [0.3, 0.4) is 0 Å². The summed E-state index contributed by atoms with van der Waals surface area (Å²) >= 11 is 0. The van der Waals surface area contributed by atoms with Gasteiger partial charge < -0.3 is 19.9 Å². The van der Waals surface area contributed by atoms with Crippen LogP contribution in [0.5, 0.6) is 0 Å². The molecule has 1 fully saturated rings. The largest absolute Gasteiger partial charge is 0.478 e. The summed E-state index contributed by atoms with van der Waals surface area (Å²) in [6, 6.07) is 10.8. The van der Waals surface area contributed by atoms with Crippen molar-refractivity contribution in [3.05, 3.63) is 65.5 Å². The van der Waals surface area contributed by atoms with Gasteiger partial charge in [-0.15, -0.1) is 0 Å². The molecule has 1 aliphatic rings. The van der Waals surface area contributed by atoms with Gasteiger partial charge in [-0.2, -0.15) is 0 Å². The molecule has 1 aliphatic heterocycles. The van der Waals surface area contributed by atoms with Crippen LogP contribution < -0.4 is 5.32 Å². The van der Waals surface area contributed by atoms with Gasteiger partial charge in [-0.05, 0) is 11.6 Å². The number of carboxylic acid groups (broad SMARTS) is 1. The summed E-state index contributed by atoms with van der Waals surface area (Å²) in [4.78, 5) is 27.2. The summed E-state index contributed by atoms with van der Waals surface area (Å²) in [5.74, 6) is -1.55. The topological polar surface area (TPSA) is 97.8 Å². The van der Waals surface area contributed by atoms with E-state index in [9.17, 15) is 9.59 Å². The highest BCUT2D eigenvalue weighted by Crippen LogP contribution is 2.28. The molecule has 25 heavy (non-hydrogen) atoms. The Morgan fingerprint density at radius 2 is 1.92 bits per heavy atom. The Morgan fingerprint density at radius 3 is 2.60 bits per heavy atom. The highest BCUT2D eigenvalue weighted by molar-refractivity contribution is 5.97. The zero-order valence-corrected chi connectivity index (χ0v) is 13.5. The minimum atomic E-state index is -1.13. The number of nitrogens with one attached hydrogen (secondary N) is 1. The van der Waals surface area contributed by atoms with E-state index in [0.29, 0.717) is 19.8 Å². The predicted octanol–water partition coefficient (Wildman–Crippen LogP) is 1.45. The van der Waals surface area contributed by atoms with Crippen molar-refractivity contribution in [1.82, 2.24) is 10.3 Å². The SMILES string of the molecule is O=C(O)c1cncc(C(=O)NCC2(c3ccccc3)COCCO2)c1. The maximum Gasteiger partial charge on any atom is 0.337 e. The quantitative estimate of drug-likeness (QED) is 0.853. The highest BCUT2D eigenvalue weighted by atomic mass is 16.6. The molecule has 1 amide bonds. The lowest BCUT2D eigenvalue weighted by molar-refractivity contribution is -0.159. The van der Waals surface area contributed by atoms with Crippen LogP contribution in [0.25, 0.3) is 0 Å². The van der Waals surface area contributed by atoms with Gasteiger partial charge in [-0.3, -0.25) is 9.78 Å². The molecule has 2 heterocycles. The number of rotatable bonds is 5. The number of carbonyl (C=O) groups is 2. The van der Waals surface area contributed by atoms with Crippen LogP contribution >= 0.6 is 0 Å². The van der Waals surface area contributed by atoms with Gasteiger partial charge in [0.25, 0.3) is 5.91 Å². The molecule has 1 atom stereocenters. The molecule has 0 bridgehead atoms. The minimum absolute atomic E-state index is 0.0392. The van der Waals surface area contributed by atoms with Gasteiger partial charge in [0.1, 0.15) is 5.60 Å². The summed E-state index contributed by atoms with van der Waals surface area (Å²) in [6.07, 6.45) is 2.53. The lowest BCUT2D eigenvalue weighted by atomic mass is 9.93. The van der Waals surface area contributed by atoms with E-state index < -0.39 is 17.5 Å². The minimum Gasteiger partial charge on any atom is -0.478 e. The normalized spacial score (nSPS) is 20.0. The number of carbonyl (C=O) groups excluding carboxylic acids is 1. The van der Waals surface area contributed by atoms with E-state index >= 15 is 0 Å². The molecule has 1 aromatic heterocycles. The molecule has 0 radical (unpaired) electrons. The maximum absolute atomic E-state index is 12.4. The summed E-state index contributed by atoms with van der Waals surface area (Å²) in [6.45, 7) is 1.46. The first kappa shape index (κ1) is 17.1. The molecular weight excluding hydrogens is 324 g/mol. The highest BCUT2D eigenvalue weighted by Gasteiger charge is 2.36. The second-order valence-corrected chi connectivity index (χ2v) is 5.71. The fourth-order valence-electron chi connectivity index (χ4n) is 2.69. The Labute approximate surface area is 144 Å². The third kappa shape index (κ3) is 3.84. The van der Waals surface area contributed by atoms with Crippen molar-refractivity contribution >= 4 is 11.9 Å². The molecule has 2 aromatic rings. The smallest absolute Gasteiger partial charge is 0.337 e. The van der Waals surface area contributed by atoms with Gasteiger partial charge in [-0.1, -0.05) is 30.3 Å². The van der Waals surface area contributed by atoms with Gasteiger partial charge in [0.2, 0.25) is 0 Å². The number of amides is 1. The van der Waals surface area contributed by atoms with Crippen LogP contribution in [0.1, 0.15) is 26.3 Å². The molecule has 2 N–H and O–H groups in total. The molecule has 0 aliphatic carbocycles. The van der Waals surface area contributed by atoms with E-state index in [1.165, 1.54) is 18.5 Å². The third-order valence-corrected chi connectivity index (χ3v) is 4.02. The Hall–Kier alpha value is -2.77. The summed E-state index contributed by atoms with van der Waals surface area (Å²) in [7, 11) is 0. The summed E-state index contributed by atoms with van der Waals surface area (Å²) < 4.78 is 11.5. The van der Waals surface area contributed by atoms with Gasteiger partial charge in [-0.25, -0.2) is 4.79 Å². The standard InChI is InChI=1S/C18H18N2O5/c21-16(13-8-14(17(22)23)10-19-9-13)20-11-18(12-24-6-7-25-18)15-4-2-1-3-5-15/h1-5,8-10H,6-7,11-12H2,(H,20,21)(H,22,23). The van der Waals surface area contributed by atoms with E-state index in [-0.39, 0.29) is 17.7 Å². The van der Waals surface area contributed by atoms with Crippen molar-refractivity contribution in [2.45, 2.75) is 5.60 Å². The van der Waals surface area contributed by atoms with E-state index in [1.54, 1.807) is 0 Å². The number of carboxylic acids is 1. The summed E-state index contributed by atoms with van der Waals surface area (Å²) in [5, 5.41) is 11.8. The first-order valence-corrected chi connectivity index (χ1v) is 7.84. The predicted molar refractivity (Wildman–Crippen MR) is 88.4 cm³/mol. The number of aromatic carboxylic acids is 1. The Bertz CT molecular complexity index is 757. The second kappa shape index (κ2) is 7.42. The molecule has 0 saturated carbocycles. The fraction of sp³-hybridized carbons (Fsp3) is 0.278. The van der Waals surface area contributed by atoms with Crippen molar-refractivity contribution in [1.29, 1.82) is 0 Å². The number of hydrogen-bond acceptors (Lipinski definition) is 5. The molecule has 1 saturated heterocycles. The van der Waals surface area contributed by atoms with Gasteiger partial charge in [0.15, 0.2) is 0 Å². The van der Waals surface area contributed by atoms with Crippen LogP contribution in [0.4, 0.5) is 0 Å². The monoisotopic (exact) mass is 342 g/mol. The van der Waals surface area contributed by atoms with Crippen LogP contribution in [0.2, 0.25) is 0 Å². The molecule has 1 unspecified atom stereocenters. The molecule has 0 spiro atoms. The number of pyridine rings is 1. The Kier molecular flexibility index (Phi) is 5.06. The van der Waals surface area contributed by atoms with Crippen LogP contribution in [0.15, 0.2) is 48.8 Å². The van der Waals surface area contributed by atoms with Gasteiger partial charge in [0.05, 0.1) is 37.5 Å². The fourth-order valence-corrected chi connectivity index (χ4v) is 2.69. The molecule has 7 heteroatoms. The first-order valence-electron chi connectivity index (χ1n) is 7.84. The molecule has 130 valence electrons.